The Labute approximate surface area is 202 Å². The zero-order valence-electron chi connectivity index (χ0n) is 19.5. The van der Waals surface area contributed by atoms with Crippen molar-refractivity contribution in [3.8, 4) is 0 Å². The lowest BCUT2D eigenvalue weighted by Crippen LogP contribution is -2.50. The van der Waals surface area contributed by atoms with Crippen LogP contribution in [0.25, 0.3) is 21.8 Å². The molecule has 4 aromatic rings. The van der Waals surface area contributed by atoms with Crippen LogP contribution in [0.3, 0.4) is 0 Å². The minimum absolute atomic E-state index is 0.0185. The molecule has 0 atom stereocenters. The number of benzene rings is 2. The molecule has 2 aliphatic heterocycles. The predicted molar refractivity (Wildman–Crippen MR) is 134 cm³/mol. The number of fused-ring (bicyclic) bond motifs is 3. The first kappa shape index (κ1) is 21.6. The second kappa shape index (κ2) is 8.69. The topological polar surface area (TPSA) is 91.3 Å². The lowest BCUT2D eigenvalue weighted by molar-refractivity contribution is 0.0533. The van der Waals surface area contributed by atoms with Crippen LogP contribution in [-0.4, -0.2) is 62.3 Å². The van der Waals surface area contributed by atoms with Gasteiger partial charge < -0.3 is 14.8 Å². The molecule has 1 N–H and O–H groups in total. The normalized spacial score (nSPS) is 16.3. The summed E-state index contributed by atoms with van der Waals surface area (Å²) in [4.78, 5) is 50.7. The van der Waals surface area contributed by atoms with Gasteiger partial charge in [-0.25, -0.2) is 4.98 Å². The molecule has 35 heavy (non-hydrogen) atoms. The maximum Gasteiger partial charge on any atom is 0.270 e. The van der Waals surface area contributed by atoms with E-state index >= 15 is 0 Å². The van der Waals surface area contributed by atoms with Crippen molar-refractivity contribution >= 4 is 33.6 Å². The lowest BCUT2D eigenvalue weighted by Gasteiger charge is -2.34. The second-order valence-corrected chi connectivity index (χ2v) is 9.38. The van der Waals surface area contributed by atoms with E-state index in [0.717, 1.165) is 42.4 Å². The highest BCUT2D eigenvalue weighted by molar-refractivity contribution is 5.99. The molecule has 2 aromatic heterocycles. The number of H-pyrrole nitrogens is 1. The molecule has 0 radical (unpaired) electrons. The molecule has 0 saturated carbocycles. The first-order chi connectivity index (χ1) is 17.1. The van der Waals surface area contributed by atoms with Crippen LogP contribution in [0.2, 0.25) is 0 Å². The first-order valence-electron chi connectivity index (χ1n) is 12.3. The number of para-hydroxylation sites is 1. The summed E-state index contributed by atoms with van der Waals surface area (Å²) in [6.45, 7) is 2.58. The van der Waals surface area contributed by atoms with Gasteiger partial charge in [0.2, 0.25) is 0 Å². The molecule has 4 heterocycles. The summed E-state index contributed by atoms with van der Waals surface area (Å²) in [5.74, 6) is 0.666. The maximum absolute atomic E-state index is 13.2. The van der Waals surface area contributed by atoms with E-state index in [1.54, 1.807) is 32.6 Å². The van der Waals surface area contributed by atoms with Crippen LogP contribution in [0.4, 0.5) is 0 Å². The molecular formula is C27H27N5O3. The number of amides is 2. The fourth-order valence-electron chi connectivity index (χ4n) is 5.21. The molecule has 1 saturated heterocycles. The van der Waals surface area contributed by atoms with Gasteiger partial charge in [-0.3, -0.25) is 19.0 Å². The molecule has 2 aliphatic rings. The SMILES string of the molecule is O=C(c1ccc2c(=O)n3c(nc2c1)CCCCC3)N1CCN(C(=O)c2cc3ccccc3[nH]2)CC1. The number of aryl methyl sites for hydroxylation is 1. The Morgan fingerprint density at radius 2 is 1.60 bits per heavy atom. The summed E-state index contributed by atoms with van der Waals surface area (Å²) in [6.07, 6.45) is 3.90. The maximum atomic E-state index is 13.2. The zero-order valence-corrected chi connectivity index (χ0v) is 19.5. The number of nitrogens with one attached hydrogen (secondary N) is 1. The van der Waals surface area contributed by atoms with Gasteiger partial charge in [0, 0.05) is 55.6 Å². The van der Waals surface area contributed by atoms with Crippen molar-refractivity contribution in [2.75, 3.05) is 26.2 Å². The molecule has 0 unspecified atom stereocenters. The largest absolute Gasteiger partial charge is 0.351 e. The van der Waals surface area contributed by atoms with E-state index in [4.69, 9.17) is 4.98 Å². The highest BCUT2D eigenvalue weighted by Crippen LogP contribution is 2.20. The summed E-state index contributed by atoms with van der Waals surface area (Å²) in [6, 6.07) is 14.9. The minimum Gasteiger partial charge on any atom is -0.351 e. The van der Waals surface area contributed by atoms with Gasteiger partial charge in [-0.1, -0.05) is 24.6 Å². The lowest BCUT2D eigenvalue weighted by atomic mass is 10.1. The number of hydrogen-bond acceptors (Lipinski definition) is 4. The average molecular weight is 470 g/mol. The summed E-state index contributed by atoms with van der Waals surface area (Å²) in [5, 5.41) is 1.56. The van der Waals surface area contributed by atoms with Crippen LogP contribution < -0.4 is 5.56 Å². The molecule has 2 amide bonds. The number of hydrogen-bond donors (Lipinski definition) is 1. The third-order valence-electron chi connectivity index (χ3n) is 7.18. The van der Waals surface area contributed by atoms with Crippen LogP contribution >= 0.6 is 0 Å². The Kier molecular flexibility index (Phi) is 5.36. The van der Waals surface area contributed by atoms with Crippen molar-refractivity contribution in [2.24, 2.45) is 0 Å². The smallest absolute Gasteiger partial charge is 0.270 e. The molecule has 2 aromatic carbocycles. The molecule has 0 aliphatic carbocycles. The molecule has 1 fully saturated rings. The van der Waals surface area contributed by atoms with Gasteiger partial charge >= 0.3 is 0 Å². The van der Waals surface area contributed by atoms with Gasteiger partial charge in [0.05, 0.1) is 10.9 Å². The third kappa shape index (κ3) is 3.88. The number of aromatic nitrogens is 3. The molecule has 8 heteroatoms. The van der Waals surface area contributed by atoms with E-state index in [9.17, 15) is 14.4 Å². The van der Waals surface area contributed by atoms with E-state index < -0.39 is 0 Å². The highest BCUT2D eigenvalue weighted by Gasteiger charge is 2.27. The Balaban J connectivity index is 1.18. The van der Waals surface area contributed by atoms with E-state index in [2.05, 4.69) is 4.98 Å². The quantitative estimate of drug-likeness (QED) is 0.488. The summed E-state index contributed by atoms with van der Waals surface area (Å²) < 4.78 is 1.79. The second-order valence-electron chi connectivity index (χ2n) is 9.38. The molecule has 6 rings (SSSR count). The Bertz CT molecular complexity index is 1480. The Hall–Kier alpha value is -3.94. The van der Waals surface area contributed by atoms with Gasteiger partial charge in [0.1, 0.15) is 11.5 Å². The van der Waals surface area contributed by atoms with Crippen LogP contribution in [0, 0.1) is 0 Å². The van der Waals surface area contributed by atoms with Crippen molar-refractivity contribution in [1.82, 2.24) is 24.3 Å². The highest BCUT2D eigenvalue weighted by atomic mass is 16.2. The fraction of sp³-hybridized carbons (Fsp3) is 0.333. The number of nitrogens with zero attached hydrogens (tertiary/aromatic N) is 4. The summed E-state index contributed by atoms with van der Waals surface area (Å²) in [5.41, 5.74) is 2.60. The number of carbonyl (C=O) groups excluding carboxylic acids is 2. The third-order valence-corrected chi connectivity index (χ3v) is 7.18. The number of carbonyl (C=O) groups is 2. The first-order valence-corrected chi connectivity index (χ1v) is 12.3. The number of piperazine rings is 1. The average Bonchev–Trinajstić information content (AvgIpc) is 3.19. The predicted octanol–water partition coefficient (Wildman–Crippen LogP) is 3.20. The van der Waals surface area contributed by atoms with Crippen LogP contribution in [0.15, 0.2) is 53.3 Å². The number of rotatable bonds is 2. The Morgan fingerprint density at radius 1 is 0.829 bits per heavy atom. The van der Waals surface area contributed by atoms with E-state index in [0.29, 0.717) is 54.9 Å². The standard InChI is InChI=1S/C27H27N5O3/c33-25(19-9-10-20-22(17-19)29-24-8-2-1-5-11-32(24)26(20)34)30-12-14-31(15-13-30)27(35)23-16-18-6-3-4-7-21(18)28-23/h3-4,6-7,9-10,16-17,28H,1-2,5,8,11-15H2. The van der Waals surface area contributed by atoms with Crippen LogP contribution in [0.5, 0.6) is 0 Å². The van der Waals surface area contributed by atoms with Crippen molar-refractivity contribution in [3.05, 3.63) is 76.0 Å². The molecule has 0 spiro atoms. The van der Waals surface area contributed by atoms with Gasteiger partial charge in [-0.2, -0.15) is 0 Å². The van der Waals surface area contributed by atoms with Gasteiger partial charge in [0.15, 0.2) is 0 Å². The Morgan fingerprint density at radius 3 is 2.40 bits per heavy atom. The van der Waals surface area contributed by atoms with E-state index in [1.165, 1.54) is 0 Å². The summed E-state index contributed by atoms with van der Waals surface area (Å²) >= 11 is 0. The summed E-state index contributed by atoms with van der Waals surface area (Å²) in [7, 11) is 0. The molecule has 178 valence electrons. The van der Waals surface area contributed by atoms with Crippen molar-refractivity contribution in [1.29, 1.82) is 0 Å². The van der Waals surface area contributed by atoms with Gasteiger partial charge in [-0.05, 0) is 43.2 Å². The fourth-order valence-corrected chi connectivity index (χ4v) is 5.21. The monoisotopic (exact) mass is 469 g/mol. The van der Waals surface area contributed by atoms with Crippen molar-refractivity contribution < 1.29 is 9.59 Å². The van der Waals surface area contributed by atoms with Gasteiger partial charge in [0.25, 0.3) is 17.4 Å². The van der Waals surface area contributed by atoms with Crippen molar-refractivity contribution in [2.45, 2.75) is 32.2 Å². The van der Waals surface area contributed by atoms with Crippen LogP contribution in [-0.2, 0) is 13.0 Å². The molecule has 0 bridgehead atoms. The minimum atomic E-state index is -0.0959. The molecule has 8 nitrogen and oxygen atoms in total. The van der Waals surface area contributed by atoms with Gasteiger partial charge in [-0.15, -0.1) is 0 Å². The molecular weight excluding hydrogens is 442 g/mol. The van der Waals surface area contributed by atoms with Crippen LogP contribution in [0.1, 0.15) is 45.9 Å². The number of aromatic amines is 1. The van der Waals surface area contributed by atoms with E-state index in [-0.39, 0.29) is 17.4 Å². The van der Waals surface area contributed by atoms with E-state index in [1.807, 2.05) is 30.3 Å². The van der Waals surface area contributed by atoms with Crippen molar-refractivity contribution in [3.63, 3.8) is 0 Å². The zero-order chi connectivity index (χ0) is 23.9.